The topological polar surface area (TPSA) is 75.3 Å². The van der Waals surface area contributed by atoms with Crippen LogP contribution in [0.1, 0.15) is 39.0 Å². The van der Waals surface area contributed by atoms with Gasteiger partial charge in [-0.25, -0.2) is 13.1 Å². The molecule has 0 radical (unpaired) electrons. The van der Waals surface area contributed by atoms with Crippen LogP contribution in [0.3, 0.4) is 0 Å². The average Bonchev–Trinajstić information content (AvgIpc) is 2.48. The zero-order chi connectivity index (χ0) is 16.2. The van der Waals surface area contributed by atoms with E-state index in [1.807, 2.05) is 0 Å². The van der Waals surface area contributed by atoms with Gasteiger partial charge in [-0.2, -0.15) is 0 Å². The molecule has 0 heterocycles. The number of rotatable bonds is 5. The molecule has 0 spiro atoms. The number of halogens is 1. The second-order valence-electron chi connectivity index (χ2n) is 5.59. The van der Waals surface area contributed by atoms with E-state index in [1.54, 1.807) is 19.1 Å². The van der Waals surface area contributed by atoms with Gasteiger partial charge in [0.15, 0.2) is 0 Å². The summed E-state index contributed by atoms with van der Waals surface area (Å²) in [5, 5.41) is 2.70. The number of carbonyl (C=O) groups is 1. The van der Waals surface area contributed by atoms with Gasteiger partial charge in [-0.15, -0.1) is 0 Å². The Morgan fingerprint density at radius 1 is 1.18 bits per heavy atom. The van der Waals surface area contributed by atoms with Crippen LogP contribution in [0, 0.1) is 0 Å². The number of hydrogen-bond acceptors (Lipinski definition) is 3. The van der Waals surface area contributed by atoms with Gasteiger partial charge in [0.25, 0.3) is 0 Å². The number of hydrogen-bond donors (Lipinski definition) is 2. The molecule has 0 saturated heterocycles. The molecule has 1 saturated carbocycles. The number of nitrogens with one attached hydrogen (secondary N) is 2. The van der Waals surface area contributed by atoms with Crippen LogP contribution < -0.4 is 10.0 Å². The summed E-state index contributed by atoms with van der Waals surface area (Å²) in [5.74, 6) is -0.170. The molecule has 1 aliphatic carbocycles. The molecule has 1 aromatic carbocycles. The van der Waals surface area contributed by atoms with E-state index in [2.05, 4.69) is 26.0 Å². The van der Waals surface area contributed by atoms with E-state index in [1.165, 1.54) is 18.6 Å². The van der Waals surface area contributed by atoms with Gasteiger partial charge in [0.1, 0.15) is 0 Å². The van der Waals surface area contributed by atoms with E-state index in [4.69, 9.17) is 0 Å². The third-order valence-electron chi connectivity index (χ3n) is 3.72. The fraction of sp³-hybridized carbons (Fsp3) is 0.533. The molecule has 7 heteroatoms. The van der Waals surface area contributed by atoms with Crippen LogP contribution in [0.5, 0.6) is 0 Å². The normalized spacial score (nSPS) is 17.9. The van der Waals surface area contributed by atoms with Gasteiger partial charge in [-0.3, -0.25) is 4.79 Å². The minimum atomic E-state index is -3.49. The molecule has 1 aromatic rings. The summed E-state index contributed by atoms with van der Waals surface area (Å²) < 4.78 is 27.4. The average molecular weight is 389 g/mol. The Hall–Kier alpha value is -0.920. The molecule has 2 rings (SSSR count). The monoisotopic (exact) mass is 388 g/mol. The Bertz CT molecular complexity index is 608. The van der Waals surface area contributed by atoms with Crippen molar-refractivity contribution in [3.63, 3.8) is 0 Å². The maximum atomic E-state index is 12.3. The lowest BCUT2D eigenvalue weighted by Crippen LogP contribution is -2.36. The summed E-state index contributed by atoms with van der Waals surface area (Å²) in [6.45, 7) is 1.72. The lowest BCUT2D eigenvalue weighted by molar-refractivity contribution is -0.115. The second-order valence-corrected chi connectivity index (χ2v) is 8.67. The molecule has 2 N–H and O–H groups in total. The Kier molecular flexibility index (Phi) is 6.00. The molecule has 1 aliphatic rings. The predicted octanol–water partition coefficient (Wildman–Crippen LogP) is 3.02. The van der Waals surface area contributed by atoms with E-state index in [0.29, 0.717) is 5.69 Å². The summed E-state index contributed by atoms with van der Waals surface area (Å²) >= 11 is 3.18. The summed E-state index contributed by atoms with van der Waals surface area (Å²) in [4.78, 5) is 11.5. The lowest BCUT2D eigenvalue weighted by Gasteiger charge is -2.22. The maximum absolute atomic E-state index is 12.3. The first-order valence-corrected chi connectivity index (χ1v) is 9.86. The van der Waals surface area contributed by atoms with Crippen molar-refractivity contribution in [2.45, 2.75) is 54.8 Å². The Morgan fingerprint density at radius 2 is 1.77 bits per heavy atom. The van der Waals surface area contributed by atoms with Crippen LogP contribution in [0.15, 0.2) is 29.2 Å². The van der Waals surface area contributed by atoms with Crippen LogP contribution in [0.2, 0.25) is 0 Å². The van der Waals surface area contributed by atoms with Gasteiger partial charge < -0.3 is 5.32 Å². The van der Waals surface area contributed by atoms with Gasteiger partial charge >= 0.3 is 0 Å². The fourth-order valence-electron chi connectivity index (χ4n) is 2.47. The first-order chi connectivity index (χ1) is 10.4. The predicted molar refractivity (Wildman–Crippen MR) is 90.7 cm³/mol. The molecular weight excluding hydrogens is 368 g/mol. The first-order valence-electron chi connectivity index (χ1n) is 7.46. The highest BCUT2D eigenvalue weighted by molar-refractivity contribution is 9.10. The summed E-state index contributed by atoms with van der Waals surface area (Å²) in [7, 11) is -3.49. The molecule has 1 fully saturated rings. The highest BCUT2D eigenvalue weighted by Crippen LogP contribution is 2.21. The van der Waals surface area contributed by atoms with Crippen LogP contribution in [0.4, 0.5) is 5.69 Å². The smallest absolute Gasteiger partial charge is 0.240 e. The molecule has 1 atom stereocenters. The minimum Gasteiger partial charge on any atom is -0.325 e. The van der Waals surface area contributed by atoms with E-state index < -0.39 is 10.0 Å². The maximum Gasteiger partial charge on any atom is 0.240 e. The third-order valence-corrected chi connectivity index (χ3v) is 5.67. The number of alkyl halides is 1. The largest absolute Gasteiger partial charge is 0.325 e. The number of sulfonamides is 1. The van der Waals surface area contributed by atoms with Crippen LogP contribution in [-0.2, 0) is 14.8 Å². The van der Waals surface area contributed by atoms with E-state index in [0.717, 1.165) is 25.7 Å². The van der Waals surface area contributed by atoms with Gasteiger partial charge in [-0.05, 0) is 44.0 Å². The summed E-state index contributed by atoms with van der Waals surface area (Å²) in [6.07, 6.45) is 5.12. The molecule has 122 valence electrons. The van der Waals surface area contributed by atoms with Gasteiger partial charge in [0, 0.05) is 11.7 Å². The molecule has 0 aromatic heterocycles. The fourth-order valence-corrected chi connectivity index (χ4v) is 3.89. The standard InChI is InChI=1S/C15H21BrN2O3S/c1-11(16)15(19)17-12-7-9-14(10-8-12)22(20,21)18-13-5-3-2-4-6-13/h7-11,13,18H,2-6H2,1H3,(H,17,19). The Balaban J connectivity index is 2.03. The molecular formula is C15H21BrN2O3S. The second kappa shape index (κ2) is 7.57. The van der Waals surface area contributed by atoms with Crippen molar-refractivity contribution in [2.24, 2.45) is 0 Å². The Morgan fingerprint density at radius 3 is 2.32 bits per heavy atom. The van der Waals surface area contributed by atoms with Crippen molar-refractivity contribution in [1.82, 2.24) is 4.72 Å². The van der Waals surface area contributed by atoms with E-state index in [-0.39, 0.29) is 21.7 Å². The van der Waals surface area contributed by atoms with Crippen molar-refractivity contribution < 1.29 is 13.2 Å². The zero-order valence-electron chi connectivity index (χ0n) is 12.5. The lowest BCUT2D eigenvalue weighted by atomic mass is 9.96. The van der Waals surface area contributed by atoms with Gasteiger partial charge in [0.2, 0.25) is 15.9 Å². The quantitative estimate of drug-likeness (QED) is 0.761. The highest BCUT2D eigenvalue weighted by Gasteiger charge is 2.21. The highest BCUT2D eigenvalue weighted by atomic mass is 79.9. The van der Waals surface area contributed by atoms with Gasteiger partial charge in [0.05, 0.1) is 9.72 Å². The Labute approximate surface area is 140 Å². The molecule has 0 bridgehead atoms. The summed E-state index contributed by atoms with van der Waals surface area (Å²) in [6, 6.07) is 6.26. The molecule has 5 nitrogen and oxygen atoms in total. The molecule has 1 unspecified atom stereocenters. The van der Waals surface area contributed by atoms with E-state index in [9.17, 15) is 13.2 Å². The van der Waals surface area contributed by atoms with Gasteiger partial charge in [-0.1, -0.05) is 35.2 Å². The molecule has 1 amide bonds. The van der Waals surface area contributed by atoms with Crippen molar-refractivity contribution in [3.8, 4) is 0 Å². The van der Waals surface area contributed by atoms with Crippen molar-refractivity contribution >= 4 is 37.5 Å². The number of benzene rings is 1. The molecule has 22 heavy (non-hydrogen) atoms. The SMILES string of the molecule is CC(Br)C(=O)Nc1ccc(S(=O)(=O)NC2CCCCC2)cc1. The van der Waals surface area contributed by atoms with Crippen molar-refractivity contribution in [2.75, 3.05) is 5.32 Å². The minimum absolute atomic E-state index is 0.0346. The van der Waals surface area contributed by atoms with Crippen LogP contribution in [0.25, 0.3) is 0 Å². The van der Waals surface area contributed by atoms with Crippen LogP contribution >= 0.6 is 15.9 Å². The third kappa shape index (κ3) is 4.79. The number of carbonyl (C=O) groups excluding carboxylic acids is 1. The molecule has 0 aliphatic heterocycles. The number of amides is 1. The van der Waals surface area contributed by atoms with Crippen LogP contribution in [-0.4, -0.2) is 25.2 Å². The zero-order valence-corrected chi connectivity index (χ0v) is 14.9. The number of anilines is 1. The summed E-state index contributed by atoms with van der Waals surface area (Å²) in [5.41, 5.74) is 0.577. The van der Waals surface area contributed by atoms with E-state index >= 15 is 0 Å². The van der Waals surface area contributed by atoms with Crippen molar-refractivity contribution in [3.05, 3.63) is 24.3 Å². The van der Waals surface area contributed by atoms with Crippen molar-refractivity contribution in [1.29, 1.82) is 0 Å². The first kappa shape index (κ1) is 17.4.